The van der Waals surface area contributed by atoms with E-state index in [1.165, 1.54) is 23.1 Å². The number of anilines is 1. The maximum atomic E-state index is 14.0. The van der Waals surface area contributed by atoms with Crippen molar-refractivity contribution in [3.63, 3.8) is 0 Å². The normalized spacial score (nSPS) is 14.4. The topological polar surface area (TPSA) is 66.6 Å². The molecule has 1 heterocycles. The fourth-order valence-electron chi connectivity index (χ4n) is 3.01. The second-order valence-corrected chi connectivity index (χ2v) is 6.66. The van der Waals surface area contributed by atoms with Crippen molar-refractivity contribution in [3.8, 4) is 0 Å². The van der Waals surface area contributed by atoms with Gasteiger partial charge in [-0.15, -0.1) is 0 Å². The largest absolute Gasteiger partial charge is 0.399 e. The molecule has 1 fully saturated rings. The van der Waals surface area contributed by atoms with Crippen LogP contribution >= 0.6 is 11.6 Å². The molecular weight excluding hydrogens is 357 g/mol. The molecule has 5 nitrogen and oxygen atoms in total. The number of hydrogen-bond donors (Lipinski definition) is 1. The van der Waals surface area contributed by atoms with Crippen LogP contribution < -0.4 is 5.73 Å². The molecule has 0 spiro atoms. The Bertz CT molecular complexity index is 844. The smallest absolute Gasteiger partial charge is 0.258 e. The summed E-state index contributed by atoms with van der Waals surface area (Å²) >= 11 is 5.97. The van der Waals surface area contributed by atoms with Gasteiger partial charge >= 0.3 is 0 Å². The quantitative estimate of drug-likeness (QED) is 0.820. The van der Waals surface area contributed by atoms with Crippen LogP contribution in [0.25, 0.3) is 0 Å². The molecule has 3 rings (SSSR count). The summed E-state index contributed by atoms with van der Waals surface area (Å²) in [6.07, 6.45) is 0. The van der Waals surface area contributed by atoms with Crippen LogP contribution in [0.1, 0.15) is 26.3 Å². The predicted molar refractivity (Wildman–Crippen MR) is 98.8 cm³/mol. The molecule has 2 aromatic rings. The lowest BCUT2D eigenvalue weighted by atomic mass is 10.1. The van der Waals surface area contributed by atoms with Crippen LogP contribution in [0.4, 0.5) is 10.1 Å². The van der Waals surface area contributed by atoms with Gasteiger partial charge < -0.3 is 15.5 Å². The monoisotopic (exact) mass is 375 g/mol. The number of nitrogens with two attached hydrogens (primary N) is 1. The molecule has 0 aromatic heterocycles. The van der Waals surface area contributed by atoms with Gasteiger partial charge in [0.1, 0.15) is 5.82 Å². The first kappa shape index (κ1) is 18.2. The van der Waals surface area contributed by atoms with Crippen molar-refractivity contribution in [2.45, 2.75) is 6.92 Å². The fourth-order valence-corrected chi connectivity index (χ4v) is 3.26. The summed E-state index contributed by atoms with van der Waals surface area (Å²) in [4.78, 5) is 28.5. The molecule has 0 bridgehead atoms. The van der Waals surface area contributed by atoms with Crippen molar-refractivity contribution in [2.24, 2.45) is 0 Å². The highest BCUT2D eigenvalue weighted by Gasteiger charge is 2.28. The molecule has 2 amide bonds. The molecule has 0 unspecified atom stereocenters. The molecule has 136 valence electrons. The van der Waals surface area contributed by atoms with Gasteiger partial charge in [0.2, 0.25) is 0 Å². The SMILES string of the molecule is Cc1ccc(N)cc1C(=O)N1CCN(C(=O)c2c(F)cccc2Cl)CC1. The number of benzene rings is 2. The maximum absolute atomic E-state index is 14.0. The number of rotatable bonds is 2. The number of nitrogens with zero attached hydrogens (tertiary/aromatic N) is 2. The minimum Gasteiger partial charge on any atom is -0.399 e. The standard InChI is InChI=1S/C19H19ClFN3O2/c1-12-5-6-13(22)11-14(12)18(25)23-7-9-24(10-8-23)19(26)17-15(20)3-2-4-16(17)21/h2-6,11H,7-10,22H2,1H3. The summed E-state index contributed by atoms with van der Waals surface area (Å²) in [5, 5.41) is 0.0869. The molecular formula is C19H19ClFN3O2. The third-order valence-electron chi connectivity index (χ3n) is 4.52. The lowest BCUT2D eigenvalue weighted by molar-refractivity contribution is 0.0532. The van der Waals surface area contributed by atoms with Crippen molar-refractivity contribution in [1.29, 1.82) is 0 Å². The van der Waals surface area contributed by atoms with Crippen LogP contribution in [0.15, 0.2) is 36.4 Å². The maximum Gasteiger partial charge on any atom is 0.258 e. The average Bonchev–Trinajstić information content (AvgIpc) is 2.63. The van der Waals surface area contributed by atoms with Crippen molar-refractivity contribution in [3.05, 3.63) is 63.9 Å². The highest BCUT2D eigenvalue weighted by Crippen LogP contribution is 2.22. The average molecular weight is 376 g/mol. The predicted octanol–water partition coefficient (Wildman–Crippen LogP) is 2.97. The second kappa shape index (κ2) is 7.33. The third-order valence-corrected chi connectivity index (χ3v) is 4.84. The van der Waals surface area contributed by atoms with Gasteiger partial charge in [-0.1, -0.05) is 23.7 Å². The number of piperazine rings is 1. The summed E-state index contributed by atoms with van der Waals surface area (Å²) < 4.78 is 14.0. The molecule has 0 saturated carbocycles. The van der Waals surface area contributed by atoms with Crippen LogP contribution in [0.5, 0.6) is 0 Å². The van der Waals surface area contributed by atoms with Crippen LogP contribution in [-0.4, -0.2) is 47.8 Å². The Balaban J connectivity index is 1.70. The van der Waals surface area contributed by atoms with Crippen molar-refractivity contribution < 1.29 is 14.0 Å². The van der Waals surface area contributed by atoms with E-state index < -0.39 is 11.7 Å². The Morgan fingerprint density at radius 1 is 1.04 bits per heavy atom. The molecule has 26 heavy (non-hydrogen) atoms. The van der Waals surface area contributed by atoms with E-state index in [1.54, 1.807) is 17.0 Å². The van der Waals surface area contributed by atoms with Gasteiger partial charge in [-0.05, 0) is 36.8 Å². The number of carbonyl (C=O) groups is 2. The second-order valence-electron chi connectivity index (χ2n) is 6.26. The highest BCUT2D eigenvalue weighted by molar-refractivity contribution is 6.33. The lowest BCUT2D eigenvalue weighted by Crippen LogP contribution is -2.50. The molecule has 0 radical (unpaired) electrons. The van der Waals surface area contributed by atoms with E-state index in [0.29, 0.717) is 37.4 Å². The van der Waals surface area contributed by atoms with Gasteiger partial charge in [-0.3, -0.25) is 9.59 Å². The van der Waals surface area contributed by atoms with Crippen LogP contribution in [-0.2, 0) is 0 Å². The Morgan fingerprint density at radius 2 is 1.65 bits per heavy atom. The lowest BCUT2D eigenvalue weighted by Gasteiger charge is -2.35. The van der Waals surface area contributed by atoms with E-state index >= 15 is 0 Å². The van der Waals surface area contributed by atoms with Gasteiger partial charge in [-0.25, -0.2) is 4.39 Å². The van der Waals surface area contributed by atoms with E-state index in [1.807, 2.05) is 13.0 Å². The Kier molecular flexibility index (Phi) is 5.13. The third kappa shape index (κ3) is 3.51. The number of aryl methyl sites for hydroxylation is 1. The first-order chi connectivity index (χ1) is 12.4. The fraction of sp³-hybridized carbons (Fsp3) is 0.263. The van der Waals surface area contributed by atoms with E-state index in [4.69, 9.17) is 17.3 Å². The van der Waals surface area contributed by atoms with Crippen LogP contribution in [0, 0.1) is 12.7 Å². The van der Waals surface area contributed by atoms with Crippen LogP contribution in [0.3, 0.4) is 0 Å². The summed E-state index contributed by atoms with van der Waals surface area (Å²) in [6, 6.07) is 9.37. The number of carbonyl (C=O) groups excluding carboxylic acids is 2. The van der Waals surface area contributed by atoms with Crippen molar-refractivity contribution in [2.75, 3.05) is 31.9 Å². The Labute approximate surface area is 156 Å². The van der Waals surface area contributed by atoms with Gasteiger partial charge in [0.15, 0.2) is 0 Å². The summed E-state index contributed by atoms with van der Waals surface area (Å²) in [5.41, 5.74) is 7.59. The molecule has 2 aromatic carbocycles. The highest BCUT2D eigenvalue weighted by atomic mass is 35.5. The molecule has 1 aliphatic heterocycles. The Morgan fingerprint density at radius 3 is 2.27 bits per heavy atom. The first-order valence-corrected chi connectivity index (χ1v) is 8.65. The zero-order chi connectivity index (χ0) is 18.8. The molecule has 0 atom stereocenters. The minimum absolute atomic E-state index is 0.0869. The summed E-state index contributed by atoms with van der Waals surface area (Å²) in [7, 11) is 0. The Hall–Kier alpha value is -2.60. The van der Waals surface area contributed by atoms with E-state index in [-0.39, 0.29) is 16.5 Å². The van der Waals surface area contributed by atoms with Gasteiger partial charge in [0.05, 0.1) is 10.6 Å². The number of amides is 2. The number of hydrogen-bond acceptors (Lipinski definition) is 3. The number of halogens is 2. The molecule has 1 aliphatic rings. The van der Waals surface area contributed by atoms with Crippen molar-refractivity contribution in [1.82, 2.24) is 9.80 Å². The van der Waals surface area contributed by atoms with E-state index in [2.05, 4.69) is 0 Å². The van der Waals surface area contributed by atoms with Gasteiger partial charge in [0.25, 0.3) is 11.8 Å². The zero-order valence-corrected chi connectivity index (χ0v) is 15.1. The first-order valence-electron chi connectivity index (χ1n) is 8.27. The van der Waals surface area contributed by atoms with Crippen molar-refractivity contribution >= 4 is 29.1 Å². The van der Waals surface area contributed by atoms with E-state index in [9.17, 15) is 14.0 Å². The molecule has 7 heteroatoms. The summed E-state index contributed by atoms with van der Waals surface area (Å²) in [5.74, 6) is -1.22. The van der Waals surface area contributed by atoms with Gasteiger partial charge in [-0.2, -0.15) is 0 Å². The molecule has 1 saturated heterocycles. The zero-order valence-electron chi connectivity index (χ0n) is 14.3. The number of nitrogen functional groups attached to an aromatic ring is 1. The van der Waals surface area contributed by atoms with Crippen LogP contribution in [0.2, 0.25) is 5.02 Å². The summed E-state index contributed by atoms with van der Waals surface area (Å²) in [6.45, 7) is 3.22. The van der Waals surface area contributed by atoms with E-state index in [0.717, 1.165) is 5.56 Å². The van der Waals surface area contributed by atoms with Gasteiger partial charge in [0, 0.05) is 37.4 Å². The minimum atomic E-state index is -0.642. The molecule has 0 aliphatic carbocycles. The molecule has 2 N–H and O–H groups in total.